The smallest absolute Gasteiger partial charge is 0.334 e. The lowest BCUT2D eigenvalue weighted by molar-refractivity contribution is -0.137. The molecule has 3 heteroatoms. The first-order valence-corrected chi connectivity index (χ1v) is 6.43. The molecule has 1 saturated carbocycles. The summed E-state index contributed by atoms with van der Waals surface area (Å²) in [5.74, 6) is 0.322. The lowest BCUT2D eigenvalue weighted by atomic mass is 9.87. The van der Waals surface area contributed by atoms with Gasteiger partial charge in [-0.05, 0) is 37.7 Å². The summed E-state index contributed by atoms with van der Waals surface area (Å²) in [6, 6.07) is 0. The zero-order valence-corrected chi connectivity index (χ0v) is 10.6. The van der Waals surface area contributed by atoms with Gasteiger partial charge in [-0.3, -0.25) is 0 Å². The third-order valence-electron chi connectivity index (χ3n) is 4.47. The molecule has 1 N–H and O–H groups in total. The van der Waals surface area contributed by atoms with Crippen molar-refractivity contribution in [2.75, 3.05) is 0 Å². The Balaban J connectivity index is 1.98. The van der Waals surface area contributed by atoms with Crippen molar-refractivity contribution in [1.82, 2.24) is 0 Å². The number of ether oxygens (including phenoxy) is 1. The number of carbonyl (C=O) groups is 1. The Hall–Kier alpha value is -1.35. The summed E-state index contributed by atoms with van der Waals surface area (Å²) >= 11 is 0. The molecule has 96 valence electrons. The van der Waals surface area contributed by atoms with Gasteiger partial charge in [-0.15, -0.1) is 0 Å². The molecule has 0 aromatic heterocycles. The molecule has 2 fully saturated rings. The van der Waals surface area contributed by atoms with E-state index in [0.717, 1.165) is 12.0 Å². The second-order valence-electron chi connectivity index (χ2n) is 5.71. The molecule has 5 atom stereocenters. The van der Waals surface area contributed by atoms with Crippen LogP contribution in [0.15, 0.2) is 36.0 Å². The van der Waals surface area contributed by atoms with Crippen LogP contribution in [0, 0.1) is 17.8 Å². The van der Waals surface area contributed by atoms with Gasteiger partial charge in [0.05, 0.1) is 12.0 Å². The van der Waals surface area contributed by atoms with E-state index in [9.17, 15) is 9.90 Å². The summed E-state index contributed by atoms with van der Waals surface area (Å²) in [7, 11) is 0. The molecular formula is C15H18O3. The minimum Gasteiger partial charge on any atom is -0.454 e. The van der Waals surface area contributed by atoms with Gasteiger partial charge < -0.3 is 9.84 Å². The number of aliphatic hydroxyl groups is 1. The van der Waals surface area contributed by atoms with Gasteiger partial charge in [0, 0.05) is 5.57 Å². The Kier molecular flexibility index (Phi) is 2.49. The first kappa shape index (κ1) is 11.7. The molecule has 0 radical (unpaired) electrons. The zero-order chi connectivity index (χ0) is 13.0. The van der Waals surface area contributed by atoms with Crippen LogP contribution >= 0.6 is 0 Å². The molecule has 18 heavy (non-hydrogen) atoms. The summed E-state index contributed by atoms with van der Waals surface area (Å²) in [4.78, 5) is 11.6. The summed E-state index contributed by atoms with van der Waals surface area (Å²) < 4.78 is 5.31. The number of carbonyl (C=O) groups excluding carboxylic acids is 1. The van der Waals surface area contributed by atoms with Crippen LogP contribution in [0.5, 0.6) is 0 Å². The maximum absolute atomic E-state index is 11.6. The van der Waals surface area contributed by atoms with E-state index in [1.165, 1.54) is 5.57 Å². The number of fused-ring (bicyclic) bond motifs is 2. The number of rotatable bonds is 0. The van der Waals surface area contributed by atoms with Crippen LogP contribution in [0.1, 0.15) is 19.8 Å². The number of aliphatic hydroxyl groups excluding tert-OH is 1. The van der Waals surface area contributed by atoms with Gasteiger partial charge in [0.25, 0.3) is 0 Å². The molecule has 0 amide bonds. The number of hydrogen-bond acceptors (Lipinski definition) is 3. The van der Waals surface area contributed by atoms with E-state index >= 15 is 0 Å². The van der Waals surface area contributed by atoms with Crippen molar-refractivity contribution in [3.05, 3.63) is 36.0 Å². The van der Waals surface area contributed by atoms with Crippen molar-refractivity contribution >= 4 is 5.97 Å². The fraction of sp³-hybridized carbons (Fsp3) is 0.533. The Morgan fingerprint density at radius 1 is 1.39 bits per heavy atom. The average Bonchev–Trinajstić information content (AvgIpc) is 3.02. The van der Waals surface area contributed by atoms with Crippen LogP contribution in [0.25, 0.3) is 0 Å². The molecule has 1 heterocycles. The average molecular weight is 246 g/mol. The number of hydrogen-bond donors (Lipinski definition) is 1. The third-order valence-corrected chi connectivity index (χ3v) is 4.47. The summed E-state index contributed by atoms with van der Waals surface area (Å²) in [5, 5.41) is 10.3. The van der Waals surface area contributed by atoms with Crippen LogP contribution < -0.4 is 0 Å². The van der Waals surface area contributed by atoms with Crippen molar-refractivity contribution in [1.29, 1.82) is 0 Å². The van der Waals surface area contributed by atoms with Crippen molar-refractivity contribution in [3.63, 3.8) is 0 Å². The molecule has 1 saturated heterocycles. The summed E-state index contributed by atoms with van der Waals surface area (Å²) in [6.45, 7) is 9.91. The van der Waals surface area contributed by atoms with Crippen molar-refractivity contribution in [3.8, 4) is 0 Å². The monoisotopic (exact) mass is 246 g/mol. The fourth-order valence-corrected chi connectivity index (χ4v) is 3.27. The maximum Gasteiger partial charge on any atom is 0.334 e. The Bertz CT molecular complexity index is 474. The first-order valence-electron chi connectivity index (χ1n) is 6.43. The van der Waals surface area contributed by atoms with E-state index in [1.54, 1.807) is 0 Å². The summed E-state index contributed by atoms with van der Waals surface area (Å²) in [6.07, 6.45) is 2.67. The summed E-state index contributed by atoms with van der Waals surface area (Å²) in [5.41, 5.74) is 2.72. The van der Waals surface area contributed by atoms with Crippen LogP contribution in [-0.2, 0) is 9.53 Å². The van der Waals surface area contributed by atoms with Gasteiger partial charge in [-0.1, -0.05) is 24.3 Å². The molecule has 2 aliphatic carbocycles. The van der Waals surface area contributed by atoms with Gasteiger partial charge in [0.2, 0.25) is 0 Å². The fourth-order valence-electron chi connectivity index (χ4n) is 3.27. The van der Waals surface area contributed by atoms with Crippen molar-refractivity contribution in [2.45, 2.75) is 32.0 Å². The van der Waals surface area contributed by atoms with Gasteiger partial charge in [0.15, 0.2) is 0 Å². The van der Waals surface area contributed by atoms with Gasteiger partial charge in [-0.25, -0.2) is 4.79 Å². The van der Waals surface area contributed by atoms with E-state index in [0.29, 0.717) is 23.8 Å². The van der Waals surface area contributed by atoms with Crippen LogP contribution in [0.2, 0.25) is 0 Å². The molecule has 3 rings (SSSR count). The quantitative estimate of drug-likeness (QED) is 0.404. The van der Waals surface area contributed by atoms with Crippen molar-refractivity contribution < 1.29 is 14.6 Å². The van der Waals surface area contributed by atoms with Gasteiger partial charge in [0.1, 0.15) is 6.10 Å². The highest BCUT2D eigenvalue weighted by Gasteiger charge is 2.47. The standard InChI is InChI=1S/C15H18O3/c1-7-4-12(16)14-9(3)15(17)18-13(14)5-8(2)11-6-10(7)11/h5,10-14,16H,1,3-4,6H2,2H3/b8-5-/t10-,11-,12+,13+,14+/m0/s1. The molecule has 3 nitrogen and oxygen atoms in total. The molecule has 3 aliphatic rings. The molecule has 0 unspecified atom stereocenters. The zero-order valence-electron chi connectivity index (χ0n) is 10.6. The molecule has 0 aromatic rings. The van der Waals surface area contributed by atoms with Crippen LogP contribution in [-0.4, -0.2) is 23.3 Å². The normalized spacial score (nSPS) is 46.0. The Morgan fingerprint density at radius 3 is 2.83 bits per heavy atom. The van der Waals surface area contributed by atoms with Gasteiger partial charge >= 0.3 is 5.97 Å². The van der Waals surface area contributed by atoms with E-state index in [2.05, 4.69) is 20.1 Å². The number of esters is 1. The minimum absolute atomic E-state index is 0.318. The van der Waals surface area contributed by atoms with Crippen LogP contribution in [0.4, 0.5) is 0 Å². The van der Waals surface area contributed by atoms with Crippen LogP contribution in [0.3, 0.4) is 0 Å². The molecule has 0 spiro atoms. The SMILES string of the molecule is C=C1C(=O)O[C@@H]2/C=C(/C)[C@@H]3C[C@H]3C(=C)C[C@@H](O)[C@@H]12. The highest BCUT2D eigenvalue weighted by atomic mass is 16.6. The Labute approximate surface area is 107 Å². The minimum atomic E-state index is -0.621. The molecule has 1 aliphatic heterocycles. The van der Waals surface area contributed by atoms with E-state index in [1.807, 2.05) is 6.08 Å². The highest BCUT2D eigenvalue weighted by molar-refractivity contribution is 5.91. The lowest BCUT2D eigenvalue weighted by Crippen LogP contribution is -2.28. The lowest BCUT2D eigenvalue weighted by Gasteiger charge is -2.21. The van der Waals surface area contributed by atoms with E-state index in [-0.39, 0.29) is 18.0 Å². The Morgan fingerprint density at radius 2 is 2.11 bits per heavy atom. The van der Waals surface area contributed by atoms with Gasteiger partial charge in [-0.2, -0.15) is 0 Å². The molecular weight excluding hydrogens is 228 g/mol. The highest BCUT2D eigenvalue weighted by Crippen LogP contribution is 2.51. The topological polar surface area (TPSA) is 46.5 Å². The second kappa shape index (κ2) is 3.82. The van der Waals surface area contributed by atoms with E-state index in [4.69, 9.17) is 4.74 Å². The predicted octanol–water partition coefficient (Wildman–Crippen LogP) is 1.99. The van der Waals surface area contributed by atoms with Crippen molar-refractivity contribution in [2.24, 2.45) is 17.8 Å². The second-order valence-corrected chi connectivity index (χ2v) is 5.71. The molecule has 0 bridgehead atoms. The maximum atomic E-state index is 11.6. The predicted molar refractivity (Wildman–Crippen MR) is 67.6 cm³/mol. The number of allylic oxidation sites excluding steroid dienone is 1. The third kappa shape index (κ3) is 1.65. The van der Waals surface area contributed by atoms with E-state index < -0.39 is 6.10 Å². The molecule has 0 aromatic carbocycles. The largest absolute Gasteiger partial charge is 0.454 e. The first-order chi connectivity index (χ1) is 8.49.